The first kappa shape index (κ1) is 22.8. The summed E-state index contributed by atoms with van der Waals surface area (Å²) in [4.78, 5) is 0. The Morgan fingerprint density at radius 3 is 2.09 bits per heavy atom. The monoisotopic (exact) mass is 379 g/mol. The van der Waals surface area contributed by atoms with Gasteiger partial charge in [0.05, 0.1) is 21.3 Å². The Balaban J connectivity index is 4.90. The molecule has 0 bridgehead atoms. The molecule has 0 aromatic rings. The van der Waals surface area contributed by atoms with Crippen LogP contribution in [0, 0.1) is 0 Å². The smallest absolute Gasteiger partial charge is 0.333 e. The van der Waals surface area contributed by atoms with Crippen LogP contribution in [0.4, 0.5) is 0 Å². The summed E-state index contributed by atoms with van der Waals surface area (Å²) in [5.41, 5.74) is 3.30. The molecule has 5 nitrogen and oxygen atoms in total. The molecule has 0 fully saturated rings. The first-order valence-corrected chi connectivity index (χ1v) is 15.7. The minimum absolute atomic E-state index is 0.0579. The topological polar surface area (TPSA) is 78.6 Å². The van der Waals surface area contributed by atoms with Crippen molar-refractivity contribution in [2.75, 3.05) is 13.2 Å². The van der Waals surface area contributed by atoms with Crippen LogP contribution in [-0.4, -0.2) is 38.0 Å². The first-order valence-electron chi connectivity index (χ1n) is 7.82. The molecule has 0 radical (unpaired) electrons. The maximum absolute atomic E-state index is 10.8. The Labute approximate surface area is 144 Å². The highest BCUT2D eigenvalue weighted by Crippen LogP contribution is 2.36. The highest BCUT2D eigenvalue weighted by Gasteiger charge is 2.36. The molecule has 0 atom stereocenters. The molecule has 0 saturated carbocycles. The highest BCUT2D eigenvalue weighted by atomic mass is 32.2. The van der Waals surface area contributed by atoms with Gasteiger partial charge in [0.1, 0.15) is 0 Å². The van der Waals surface area contributed by atoms with Crippen molar-refractivity contribution in [1.82, 2.24) is 0 Å². The van der Waals surface area contributed by atoms with Crippen molar-refractivity contribution in [3.05, 3.63) is 17.0 Å². The molecule has 23 heavy (non-hydrogen) atoms. The zero-order valence-electron chi connectivity index (χ0n) is 15.8. The molecule has 2 N–H and O–H groups in total. The van der Waals surface area contributed by atoms with Crippen molar-refractivity contribution < 1.29 is 17.0 Å². The summed E-state index contributed by atoms with van der Waals surface area (Å²) in [5, 5.41) is 6.14. The van der Waals surface area contributed by atoms with E-state index in [9.17, 15) is 8.42 Å². The van der Waals surface area contributed by atoms with Gasteiger partial charge in [-0.1, -0.05) is 40.4 Å². The molecule has 0 heterocycles. The maximum Gasteiger partial charge on any atom is 0.333 e. The predicted molar refractivity (Wildman–Crippen MR) is 102 cm³/mol. The van der Waals surface area contributed by atoms with E-state index in [0.29, 0.717) is 13.0 Å². The fraction of sp³-hybridized carbons (Fsp3) is 0.800. The van der Waals surface area contributed by atoms with E-state index in [0.717, 1.165) is 5.20 Å². The lowest BCUT2D eigenvalue weighted by molar-refractivity contribution is 0.323. The minimum Gasteiger partial charge on any atom is -0.413 e. The SMILES string of the molecule is CC(C)(C)[Si](C)(C)OCC=C=C(CCOS(N)(=O)=O)[Si](C)(C)C. The fourth-order valence-corrected chi connectivity index (χ4v) is 4.19. The summed E-state index contributed by atoms with van der Waals surface area (Å²) in [5.74, 6) is 0. The lowest BCUT2D eigenvalue weighted by Crippen LogP contribution is -2.40. The Morgan fingerprint density at radius 1 is 1.17 bits per heavy atom. The van der Waals surface area contributed by atoms with Crippen molar-refractivity contribution in [2.24, 2.45) is 5.14 Å². The van der Waals surface area contributed by atoms with E-state index < -0.39 is 26.7 Å². The first-order chi connectivity index (χ1) is 10.1. The van der Waals surface area contributed by atoms with Gasteiger partial charge >= 0.3 is 10.3 Å². The summed E-state index contributed by atoms with van der Waals surface area (Å²) in [6, 6.07) is 0. The second kappa shape index (κ2) is 8.24. The lowest BCUT2D eigenvalue weighted by atomic mass is 10.2. The van der Waals surface area contributed by atoms with Crippen LogP contribution in [0.5, 0.6) is 0 Å². The van der Waals surface area contributed by atoms with Crippen molar-refractivity contribution in [3.63, 3.8) is 0 Å². The molecule has 0 aromatic heterocycles. The molecular weight excluding hydrogens is 346 g/mol. The molecule has 136 valence electrons. The molecule has 8 heteroatoms. The Hall–Kier alpha value is -0.216. The summed E-state index contributed by atoms with van der Waals surface area (Å²) in [7, 11) is -7.25. The maximum atomic E-state index is 10.8. The van der Waals surface area contributed by atoms with Gasteiger partial charge in [-0.15, -0.1) is 5.73 Å². The van der Waals surface area contributed by atoms with Crippen LogP contribution in [0.3, 0.4) is 0 Å². The highest BCUT2D eigenvalue weighted by molar-refractivity contribution is 7.84. The van der Waals surface area contributed by atoms with Gasteiger partial charge in [-0.3, -0.25) is 4.18 Å². The summed E-state index contributed by atoms with van der Waals surface area (Å²) in [6.07, 6.45) is 2.42. The van der Waals surface area contributed by atoms with Crippen LogP contribution in [-0.2, 0) is 18.9 Å². The van der Waals surface area contributed by atoms with Crippen molar-refractivity contribution in [2.45, 2.75) is 65.0 Å². The summed E-state index contributed by atoms with van der Waals surface area (Å²) in [6.45, 7) is 18.2. The standard InChI is InChI=1S/C15H33NO4SSi2/c1-15(2,3)23(7,8)20-12-9-10-14(22(4,5)6)11-13-19-21(16,17)18/h9H,11-13H2,1-8H3,(H2,16,17,18). The van der Waals surface area contributed by atoms with Gasteiger partial charge < -0.3 is 4.43 Å². The van der Waals surface area contributed by atoms with Crippen LogP contribution < -0.4 is 5.14 Å². The van der Waals surface area contributed by atoms with Crippen molar-refractivity contribution >= 4 is 26.7 Å². The van der Waals surface area contributed by atoms with E-state index in [-0.39, 0.29) is 11.6 Å². The van der Waals surface area contributed by atoms with Crippen molar-refractivity contribution in [1.29, 1.82) is 0 Å². The predicted octanol–water partition coefficient (Wildman–Crippen LogP) is 3.58. The van der Waals surface area contributed by atoms with E-state index >= 15 is 0 Å². The second-order valence-electron chi connectivity index (χ2n) is 8.21. The molecule has 0 aliphatic carbocycles. The van der Waals surface area contributed by atoms with Crippen LogP contribution >= 0.6 is 0 Å². The Morgan fingerprint density at radius 2 is 1.70 bits per heavy atom. The Kier molecular flexibility index (Phi) is 8.17. The van der Waals surface area contributed by atoms with Gasteiger partial charge in [0.2, 0.25) is 0 Å². The summed E-state index contributed by atoms with van der Waals surface area (Å²) < 4.78 is 32.4. The lowest BCUT2D eigenvalue weighted by Gasteiger charge is -2.35. The Bertz CT molecular complexity index is 551. The van der Waals surface area contributed by atoms with E-state index in [4.69, 9.17) is 9.56 Å². The van der Waals surface area contributed by atoms with E-state index in [2.05, 4.69) is 63.4 Å². The summed E-state index contributed by atoms with van der Waals surface area (Å²) >= 11 is 0. The van der Waals surface area contributed by atoms with Crippen molar-refractivity contribution in [3.8, 4) is 0 Å². The van der Waals surface area contributed by atoms with Crippen LogP contribution in [0.2, 0.25) is 37.8 Å². The van der Waals surface area contributed by atoms with Gasteiger partial charge in [-0.05, 0) is 35.8 Å². The van der Waals surface area contributed by atoms with Crippen LogP contribution in [0.15, 0.2) is 17.0 Å². The van der Waals surface area contributed by atoms with Gasteiger partial charge in [-0.25, -0.2) is 5.14 Å². The van der Waals surface area contributed by atoms with Gasteiger partial charge in [0, 0.05) is 0 Å². The number of hydrogen-bond acceptors (Lipinski definition) is 4. The number of nitrogens with two attached hydrogens (primary N) is 1. The molecule has 0 aliphatic heterocycles. The minimum atomic E-state index is -3.88. The van der Waals surface area contributed by atoms with E-state index in [1.54, 1.807) is 0 Å². The molecule has 0 unspecified atom stereocenters. The quantitative estimate of drug-likeness (QED) is 0.516. The normalized spacial score (nSPS) is 13.6. The average molecular weight is 380 g/mol. The third-order valence-electron chi connectivity index (χ3n) is 4.11. The molecule has 0 saturated heterocycles. The number of hydrogen-bond donors (Lipinski definition) is 1. The van der Waals surface area contributed by atoms with Gasteiger partial charge in [0.25, 0.3) is 0 Å². The molecule has 0 aliphatic rings. The second-order valence-corrected chi connectivity index (χ2v) is 19.3. The molecular formula is C15H33NO4SSi2. The van der Waals surface area contributed by atoms with Gasteiger partial charge in [0.15, 0.2) is 8.32 Å². The van der Waals surface area contributed by atoms with E-state index in [1.807, 2.05) is 6.08 Å². The largest absolute Gasteiger partial charge is 0.413 e. The zero-order chi connectivity index (χ0) is 18.5. The molecule has 0 spiro atoms. The molecule has 0 amide bonds. The number of rotatable bonds is 8. The van der Waals surface area contributed by atoms with E-state index in [1.165, 1.54) is 0 Å². The third kappa shape index (κ3) is 9.61. The molecule has 0 aromatic carbocycles. The fourth-order valence-electron chi connectivity index (χ4n) is 1.55. The van der Waals surface area contributed by atoms with Gasteiger partial charge in [-0.2, -0.15) is 8.42 Å². The molecule has 0 rings (SSSR count). The average Bonchev–Trinajstić information content (AvgIpc) is 2.27. The van der Waals surface area contributed by atoms with Crippen LogP contribution in [0.25, 0.3) is 0 Å². The zero-order valence-corrected chi connectivity index (χ0v) is 18.6. The van der Waals surface area contributed by atoms with Crippen LogP contribution in [0.1, 0.15) is 27.2 Å². The third-order valence-corrected chi connectivity index (χ3v) is 11.3.